The molecule has 0 saturated carbocycles. The molecule has 2 heterocycles. The van der Waals surface area contributed by atoms with Crippen LogP contribution >= 0.6 is 0 Å². The minimum Gasteiger partial charge on any atom is -0.334 e. The van der Waals surface area contributed by atoms with Crippen molar-refractivity contribution in [1.29, 1.82) is 0 Å². The zero-order chi connectivity index (χ0) is 17.3. The Hall–Kier alpha value is -2.28. The molecule has 1 amide bonds. The van der Waals surface area contributed by atoms with Gasteiger partial charge in [0.2, 0.25) is 5.82 Å². The van der Waals surface area contributed by atoms with Crippen LogP contribution in [-0.4, -0.2) is 44.7 Å². The Kier molecular flexibility index (Phi) is 4.62. The lowest BCUT2D eigenvalue weighted by Crippen LogP contribution is -2.46. The summed E-state index contributed by atoms with van der Waals surface area (Å²) >= 11 is 0. The fourth-order valence-corrected chi connectivity index (χ4v) is 2.92. The molecule has 0 spiro atoms. The Morgan fingerprint density at radius 3 is 2.88 bits per heavy atom. The number of nitrogens with two attached hydrogens (primary N) is 1. The summed E-state index contributed by atoms with van der Waals surface area (Å²) in [5.41, 5.74) is 6.51. The minimum absolute atomic E-state index is 0.00225. The van der Waals surface area contributed by atoms with Gasteiger partial charge in [-0.15, -0.1) is 5.10 Å². The number of hydrogen-bond acceptors (Lipinski definition) is 4. The number of rotatable bonds is 3. The molecular weight excluding hydrogens is 309 g/mol. The van der Waals surface area contributed by atoms with E-state index in [1.54, 1.807) is 21.7 Å². The lowest BCUT2D eigenvalue weighted by Gasteiger charge is -2.29. The number of aromatic nitrogens is 3. The first kappa shape index (κ1) is 16.6. The fraction of sp³-hybridized carbons (Fsp3) is 0.471. The predicted octanol–water partition coefficient (Wildman–Crippen LogP) is 2.09. The van der Waals surface area contributed by atoms with Gasteiger partial charge in [-0.3, -0.25) is 4.79 Å². The van der Waals surface area contributed by atoms with E-state index in [1.807, 2.05) is 13.8 Å². The topological polar surface area (TPSA) is 77.0 Å². The first-order valence-corrected chi connectivity index (χ1v) is 8.23. The second-order valence-electron chi connectivity index (χ2n) is 6.49. The number of halogens is 1. The number of hydrogen-bond donors (Lipinski definition) is 1. The van der Waals surface area contributed by atoms with Crippen LogP contribution in [0.3, 0.4) is 0 Å². The van der Waals surface area contributed by atoms with Crippen molar-refractivity contribution in [1.82, 2.24) is 19.7 Å². The highest BCUT2D eigenvalue weighted by Crippen LogP contribution is 2.19. The Labute approximate surface area is 140 Å². The molecule has 1 aromatic carbocycles. The average molecular weight is 331 g/mol. The van der Waals surface area contributed by atoms with Gasteiger partial charge in [-0.2, -0.15) is 0 Å². The lowest BCUT2D eigenvalue weighted by atomic mass is 10.1. The van der Waals surface area contributed by atoms with Gasteiger partial charge in [-0.25, -0.2) is 14.1 Å². The number of likely N-dealkylation sites (tertiary alicyclic amines) is 1. The van der Waals surface area contributed by atoms with E-state index >= 15 is 0 Å². The van der Waals surface area contributed by atoms with Crippen LogP contribution < -0.4 is 5.73 Å². The molecule has 1 saturated heterocycles. The molecule has 6 nitrogen and oxygen atoms in total. The van der Waals surface area contributed by atoms with Gasteiger partial charge >= 0.3 is 0 Å². The quantitative estimate of drug-likeness (QED) is 0.934. The van der Waals surface area contributed by atoms with Crippen LogP contribution in [0.2, 0.25) is 0 Å². The molecule has 0 unspecified atom stereocenters. The van der Waals surface area contributed by atoms with Crippen LogP contribution in [0.15, 0.2) is 24.3 Å². The van der Waals surface area contributed by atoms with Crippen LogP contribution in [0, 0.1) is 5.82 Å². The van der Waals surface area contributed by atoms with Crippen LogP contribution in [0.1, 0.15) is 49.1 Å². The molecular formula is C17H22FN5O. The monoisotopic (exact) mass is 331 g/mol. The van der Waals surface area contributed by atoms with Crippen LogP contribution in [-0.2, 0) is 0 Å². The summed E-state index contributed by atoms with van der Waals surface area (Å²) in [6.07, 6.45) is 1.81. The van der Waals surface area contributed by atoms with Crippen LogP contribution in [0.5, 0.6) is 0 Å². The van der Waals surface area contributed by atoms with Gasteiger partial charge in [0.15, 0.2) is 0 Å². The number of carbonyl (C=O) groups is 1. The average Bonchev–Trinajstić information content (AvgIpc) is 2.99. The number of amides is 1. The third kappa shape index (κ3) is 3.31. The maximum atomic E-state index is 13.5. The largest absolute Gasteiger partial charge is 0.334 e. The summed E-state index contributed by atoms with van der Waals surface area (Å²) in [7, 11) is 0. The Morgan fingerprint density at radius 2 is 2.21 bits per heavy atom. The second kappa shape index (κ2) is 6.68. The number of carbonyl (C=O) groups excluding carboxylic acids is 1. The molecule has 0 aliphatic carbocycles. The molecule has 128 valence electrons. The molecule has 1 aliphatic heterocycles. The fourth-order valence-electron chi connectivity index (χ4n) is 2.92. The van der Waals surface area contributed by atoms with Gasteiger partial charge in [0.25, 0.3) is 5.91 Å². The molecule has 1 aromatic heterocycles. The summed E-state index contributed by atoms with van der Waals surface area (Å²) < 4.78 is 15.1. The number of nitrogens with zero attached hydrogens (tertiary/aromatic N) is 4. The van der Waals surface area contributed by atoms with E-state index in [2.05, 4.69) is 10.1 Å². The van der Waals surface area contributed by atoms with Crippen molar-refractivity contribution in [2.24, 2.45) is 5.73 Å². The van der Waals surface area contributed by atoms with Crippen molar-refractivity contribution in [2.45, 2.75) is 38.6 Å². The van der Waals surface area contributed by atoms with E-state index in [9.17, 15) is 9.18 Å². The molecule has 0 radical (unpaired) electrons. The van der Waals surface area contributed by atoms with E-state index in [0.29, 0.717) is 24.6 Å². The maximum absolute atomic E-state index is 13.5. The summed E-state index contributed by atoms with van der Waals surface area (Å²) in [6, 6.07) is 6.11. The summed E-state index contributed by atoms with van der Waals surface area (Å²) in [4.78, 5) is 18.8. The van der Waals surface area contributed by atoms with Crippen molar-refractivity contribution in [3.8, 4) is 5.69 Å². The Balaban J connectivity index is 1.95. The van der Waals surface area contributed by atoms with Gasteiger partial charge in [-0.1, -0.05) is 19.9 Å². The van der Waals surface area contributed by atoms with Crippen LogP contribution in [0.4, 0.5) is 4.39 Å². The van der Waals surface area contributed by atoms with Crippen molar-refractivity contribution in [3.63, 3.8) is 0 Å². The third-order valence-corrected chi connectivity index (χ3v) is 4.14. The van der Waals surface area contributed by atoms with E-state index in [4.69, 9.17) is 5.73 Å². The van der Waals surface area contributed by atoms with E-state index in [-0.39, 0.29) is 29.5 Å². The molecule has 1 aliphatic rings. The first-order valence-electron chi connectivity index (χ1n) is 8.23. The molecule has 0 bridgehead atoms. The molecule has 3 rings (SSSR count). The minimum atomic E-state index is -0.354. The van der Waals surface area contributed by atoms with Gasteiger partial charge in [-0.05, 0) is 31.0 Å². The summed E-state index contributed by atoms with van der Waals surface area (Å²) in [6.45, 7) is 5.11. The highest BCUT2D eigenvalue weighted by atomic mass is 19.1. The second-order valence-corrected chi connectivity index (χ2v) is 6.49. The van der Waals surface area contributed by atoms with Gasteiger partial charge in [0, 0.05) is 25.0 Å². The van der Waals surface area contributed by atoms with E-state index in [0.717, 1.165) is 12.8 Å². The molecule has 7 heteroatoms. The van der Waals surface area contributed by atoms with Gasteiger partial charge in [0.1, 0.15) is 11.6 Å². The third-order valence-electron chi connectivity index (χ3n) is 4.14. The smallest absolute Gasteiger partial charge is 0.293 e. The van der Waals surface area contributed by atoms with Gasteiger partial charge in [0.05, 0.1) is 5.69 Å². The standard InChI is InChI=1S/C17H22FN5O/c1-11(2)16-20-15(17(24)22-8-4-6-13(19)10-22)21-23(16)14-7-3-5-12(18)9-14/h3,5,7,9,11,13H,4,6,8,10,19H2,1-2H3/t13-/m1/s1. The zero-order valence-corrected chi connectivity index (χ0v) is 13.9. The lowest BCUT2D eigenvalue weighted by molar-refractivity contribution is 0.0696. The zero-order valence-electron chi connectivity index (χ0n) is 13.9. The van der Waals surface area contributed by atoms with Gasteiger partial charge < -0.3 is 10.6 Å². The van der Waals surface area contributed by atoms with E-state index in [1.165, 1.54) is 12.1 Å². The molecule has 2 N–H and O–H groups in total. The number of piperidine rings is 1. The summed E-state index contributed by atoms with van der Waals surface area (Å²) in [5.74, 6) is 0.239. The number of benzene rings is 1. The normalized spacial score (nSPS) is 18.2. The Bertz CT molecular complexity index is 742. The SMILES string of the molecule is CC(C)c1nc(C(=O)N2CCC[C@@H](N)C2)nn1-c1cccc(F)c1. The molecule has 1 atom stereocenters. The maximum Gasteiger partial charge on any atom is 0.293 e. The Morgan fingerprint density at radius 1 is 1.42 bits per heavy atom. The van der Waals surface area contributed by atoms with Crippen molar-refractivity contribution >= 4 is 5.91 Å². The van der Waals surface area contributed by atoms with Crippen LogP contribution in [0.25, 0.3) is 5.69 Å². The molecule has 24 heavy (non-hydrogen) atoms. The van der Waals surface area contributed by atoms with E-state index < -0.39 is 0 Å². The first-order chi connectivity index (χ1) is 11.5. The predicted molar refractivity (Wildman–Crippen MR) is 88.5 cm³/mol. The van der Waals surface area contributed by atoms with Crippen molar-refractivity contribution in [2.75, 3.05) is 13.1 Å². The van der Waals surface area contributed by atoms with Crippen molar-refractivity contribution in [3.05, 3.63) is 41.7 Å². The molecule has 1 fully saturated rings. The molecule has 2 aromatic rings. The highest BCUT2D eigenvalue weighted by molar-refractivity contribution is 5.90. The summed E-state index contributed by atoms with van der Waals surface area (Å²) in [5, 5.41) is 4.35. The highest BCUT2D eigenvalue weighted by Gasteiger charge is 2.27. The van der Waals surface area contributed by atoms with Crippen molar-refractivity contribution < 1.29 is 9.18 Å².